The molecule has 0 aromatic heterocycles. The summed E-state index contributed by atoms with van der Waals surface area (Å²) in [4.78, 5) is 41.3. The maximum Gasteiger partial charge on any atom is 0.325 e. The minimum atomic E-state index is -0.787. The second-order valence-electron chi connectivity index (χ2n) is 9.83. The molecule has 27 heavy (non-hydrogen) atoms. The Kier molecular flexibility index (Phi) is 5.55. The molecule has 1 aliphatic heterocycles. The zero-order valence-electron chi connectivity index (χ0n) is 17.3. The molecule has 1 spiro atoms. The number of amides is 4. The smallest absolute Gasteiger partial charge is 0.325 e. The van der Waals surface area contributed by atoms with E-state index in [1.165, 1.54) is 12.8 Å². The van der Waals surface area contributed by atoms with Crippen LogP contribution in [0.15, 0.2) is 0 Å². The van der Waals surface area contributed by atoms with Crippen LogP contribution < -0.4 is 5.32 Å². The Labute approximate surface area is 163 Å². The summed E-state index contributed by atoms with van der Waals surface area (Å²) in [7, 11) is 0. The molecule has 1 N–H and O–H groups in total. The van der Waals surface area contributed by atoms with Gasteiger partial charge in [0.1, 0.15) is 12.1 Å². The van der Waals surface area contributed by atoms with E-state index < -0.39 is 11.6 Å². The lowest BCUT2D eigenvalue weighted by Crippen LogP contribution is -2.51. The Morgan fingerprint density at radius 3 is 2.33 bits per heavy atom. The highest BCUT2D eigenvalue weighted by atomic mass is 16.2. The average molecular weight is 378 g/mol. The van der Waals surface area contributed by atoms with Gasteiger partial charge in [-0.25, -0.2) is 4.79 Å². The van der Waals surface area contributed by atoms with Crippen LogP contribution in [0.4, 0.5) is 4.79 Å². The summed E-state index contributed by atoms with van der Waals surface area (Å²) in [5, 5.41) is 2.94. The van der Waals surface area contributed by atoms with E-state index in [-0.39, 0.29) is 23.8 Å². The maximum atomic E-state index is 13.1. The third-order valence-corrected chi connectivity index (χ3v) is 6.62. The molecular weight excluding hydrogens is 342 g/mol. The Bertz CT molecular complexity index is 598. The first kappa shape index (κ1) is 20.2. The number of carbonyl (C=O) groups excluding carboxylic acids is 3. The predicted molar refractivity (Wildman–Crippen MR) is 104 cm³/mol. The van der Waals surface area contributed by atoms with Crippen molar-refractivity contribution in [3.05, 3.63) is 0 Å². The second kappa shape index (κ2) is 7.44. The van der Waals surface area contributed by atoms with E-state index in [1.54, 1.807) is 0 Å². The van der Waals surface area contributed by atoms with Crippen molar-refractivity contribution in [3.63, 3.8) is 0 Å². The lowest BCUT2D eigenvalue weighted by molar-refractivity contribution is -0.140. The minimum absolute atomic E-state index is 0.104. The minimum Gasteiger partial charge on any atom is -0.341 e. The zero-order valence-corrected chi connectivity index (χ0v) is 17.3. The van der Waals surface area contributed by atoms with E-state index in [4.69, 9.17) is 0 Å². The maximum absolute atomic E-state index is 13.1. The molecule has 3 rings (SSSR count). The second-order valence-corrected chi connectivity index (χ2v) is 9.83. The molecule has 4 amide bonds. The van der Waals surface area contributed by atoms with E-state index in [0.29, 0.717) is 31.2 Å². The Morgan fingerprint density at radius 1 is 1.19 bits per heavy atom. The molecule has 0 aromatic rings. The van der Waals surface area contributed by atoms with E-state index in [1.807, 2.05) is 11.8 Å². The van der Waals surface area contributed by atoms with Gasteiger partial charge in [0.25, 0.3) is 5.91 Å². The van der Waals surface area contributed by atoms with Crippen molar-refractivity contribution in [1.29, 1.82) is 0 Å². The van der Waals surface area contributed by atoms with Gasteiger partial charge >= 0.3 is 6.03 Å². The molecule has 0 atom stereocenters. The van der Waals surface area contributed by atoms with Gasteiger partial charge in [0.15, 0.2) is 0 Å². The Morgan fingerprint density at radius 2 is 1.81 bits per heavy atom. The third-order valence-electron chi connectivity index (χ3n) is 6.62. The van der Waals surface area contributed by atoms with Crippen molar-refractivity contribution in [2.45, 2.75) is 78.2 Å². The molecule has 3 aliphatic rings. The van der Waals surface area contributed by atoms with Crippen molar-refractivity contribution < 1.29 is 14.4 Å². The highest BCUT2D eigenvalue weighted by molar-refractivity contribution is 6.09. The van der Waals surface area contributed by atoms with Gasteiger partial charge in [0, 0.05) is 13.1 Å². The van der Waals surface area contributed by atoms with Crippen LogP contribution in [-0.4, -0.2) is 52.8 Å². The van der Waals surface area contributed by atoms with Crippen LogP contribution in [0.3, 0.4) is 0 Å². The highest BCUT2D eigenvalue weighted by Gasteiger charge is 2.53. The fraction of sp³-hybridized carbons (Fsp3) is 0.857. The fourth-order valence-electron chi connectivity index (χ4n) is 4.57. The number of hydrogen-bond acceptors (Lipinski definition) is 3. The number of nitrogens with one attached hydrogen (secondary N) is 1. The molecule has 6 heteroatoms. The SMILES string of the molecule is CCCN(CC1CC1)C(=O)CN1C(=O)NC2(CCC(C(C)(C)C)CC2)C1=O. The van der Waals surface area contributed by atoms with Crippen LogP contribution in [0.1, 0.15) is 72.6 Å². The number of urea groups is 1. The summed E-state index contributed by atoms with van der Waals surface area (Å²) in [6.07, 6.45) is 6.44. The Hall–Kier alpha value is -1.59. The summed E-state index contributed by atoms with van der Waals surface area (Å²) in [5.74, 6) is 0.855. The lowest BCUT2D eigenvalue weighted by Gasteiger charge is -2.40. The highest BCUT2D eigenvalue weighted by Crippen LogP contribution is 2.43. The van der Waals surface area contributed by atoms with Crippen molar-refractivity contribution in [3.8, 4) is 0 Å². The van der Waals surface area contributed by atoms with Gasteiger partial charge in [-0.15, -0.1) is 0 Å². The van der Waals surface area contributed by atoms with Crippen LogP contribution in [-0.2, 0) is 9.59 Å². The zero-order chi connectivity index (χ0) is 19.8. The van der Waals surface area contributed by atoms with Gasteiger partial charge in [-0.05, 0) is 62.2 Å². The molecule has 1 heterocycles. The molecule has 1 saturated heterocycles. The first-order valence-electron chi connectivity index (χ1n) is 10.6. The van der Waals surface area contributed by atoms with Crippen molar-refractivity contribution in [1.82, 2.24) is 15.1 Å². The standard InChI is InChI=1S/C21H35N3O3/c1-5-12-23(13-15-6-7-15)17(25)14-24-18(26)21(22-19(24)27)10-8-16(9-11-21)20(2,3)4/h15-16H,5-14H2,1-4H3,(H,22,27). The molecule has 0 bridgehead atoms. The summed E-state index contributed by atoms with van der Waals surface area (Å²) >= 11 is 0. The Balaban J connectivity index is 1.63. The van der Waals surface area contributed by atoms with Crippen molar-refractivity contribution >= 4 is 17.8 Å². The predicted octanol–water partition coefficient (Wildman–Crippen LogP) is 3.16. The fourth-order valence-corrected chi connectivity index (χ4v) is 4.57. The molecule has 0 aromatic carbocycles. The quantitative estimate of drug-likeness (QED) is 0.723. The molecule has 0 unspecified atom stereocenters. The number of rotatable bonds is 6. The normalized spacial score (nSPS) is 28.6. The average Bonchev–Trinajstić information content (AvgIpc) is 3.38. The molecule has 2 saturated carbocycles. The molecule has 2 aliphatic carbocycles. The molecule has 152 valence electrons. The van der Waals surface area contributed by atoms with Crippen LogP contribution in [0.2, 0.25) is 0 Å². The van der Waals surface area contributed by atoms with Gasteiger partial charge in [-0.1, -0.05) is 27.7 Å². The van der Waals surface area contributed by atoms with E-state index in [0.717, 1.165) is 30.7 Å². The van der Waals surface area contributed by atoms with E-state index >= 15 is 0 Å². The number of carbonyl (C=O) groups is 3. The van der Waals surface area contributed by atoms with Crippen molar-refractivity contribution in [2.24, 2.45) is 17.3 Å². The summed E-state index contributed by atoms with van der Waals surface area (Å²) in [6.45, 7) is 10.1. The molecule has 3 fully saturated rings. The van der Waals surface area contributed by atoms with Gasteiger partial charge in [-0.2, -0.15) is 0 Å². The van der Waals surface area contributed by atoms with Crippen LogP contribution in [0, 0.1) is 17.3 Å². The summed E-state index contributed by atoms with van der Waals surface area (Å²) in [5.41, 5.74) is -0.572. The first-order chi connectivity index (χ1) is 12.7. The summed E-state index contributed by atoms with van der Waals surface area (Å²) < 4.78 is 0. The largest absolute Gasteiger partial charge is 0.341 e. The van der Waals surface area contributed by atoms with Gasteiger partial charge in [-0.3, -0.25) is 14.5 Å². The lowest BCUT2D eigenvalue weighted by atomic mass is 9.67. The van der Waals surface area contributed by atoms with Gasteiger partial charge < -0.3 is 10.2 Å². The van der Waals surface area contributed by atoms with Crippen molar-refractivity contribution in [2.75, 3.05) is 19.6 Å². The molecular formula is C21H35N3O3. The summed E-state index contributed by atoms with van der Waals surface area (Å²) in [6, 6.07) is -0.398. The van der Waals surface area contributed by atoms with Crippen LogP contribution >= 0.6 is 0 Å². The third kappa shape index (κ3) is 4.30. The topological polar surface area (TPSA) is 69.7 Å². The van der Waals surface area contributed by atoms with Gasteiger partial charge in [0.05, 0.1) is 0 Å². The van der Waals surface area contributed by atoms with E-state index in [2.05, 4.69) is 26.1 Å². The monoisotopic (exact) mass is 377 g/mol. The van der Waals surface area contributed by atoms with Gasteiger partial charge in [0.2, 0.25) is 5.91 Å². The number of nitrogens with zero attached hydrogens (tertiary/aromatic N) is 2. The van der Waals surface area contributed by atoms with E-state index in [9.17, 15) is 14.4 Å². The number of hydrogen-bond donors (Lipinski definition) is 1. The number of imide groups is 1. The first-order valence-corrected chi connectivity index (χ1v) is 10.6. The molecule has 0 radical (unpaired) electrons. The molecule has 6 nitrogen and oxygen atoms in total. The van der Waals surface area contributed by atoms with Crippen LogP contribution in [0.5, 0.6) is 0 Å². The van der Waals surface area contributed by atoms with Crippen LogP contribution in [0.25, 0.3) is 0 Å².